The van der Waals surface area contributed by atoms with Crippen LogP contribution in [0.15, 0.2) is 0 Å². The molecule has 3 nitrogen and oxygen atoms in total. The average Bonchev–Trinajstić information content (AvgIpc) is 2.02. The van der Waals surface area contributed by atoms with Crippen molar-refractivity contribution in [1.82, 2.24) is 9.80 Å². The third-order valence-electron chi connectivity index (χ3n) is 2.61. The molecule has 0 saturated carbocycles. The summed E-state index contributed by atoms with van der Waals surface area (Å²) in [6.45, 7) is 6.72. The Hall–Kier alpha value is -0.190. The molecule has 0 aliphatic carbocycles. The zero-order valence-corrected chi connectivity index (χ0v) is 9.31. The van der Waals surface area contributed by atoms with Crippen LogP contribution in [0.5, 0.6) is 0 Å². The second-order valence-corrected chi connectivity index (χ2v) is 4.39. The van der Waals surface area contributed by atoms with Crippen molar-refractivity contribution < 1.29 is 0 Å². The Bertz CT molecular complexity index is 184. The molecule has 1 rings (SSSR count). The summed E-state index contributed by atoms with van der Waals surface area (Å²) in [5, 5.41) is 0. The summed E-state index contributed by atoms with van der Waals surface area (Å²) >= 11 is 4.87. The number of hydrogen-bond donors (Lipinski definition) is 1. The van der Waals surface area contributed by atoms with Gasteiger partial charge < -0.3 is 10.6 Å². The van der Waals surface area contributed by atoms with Crippen LogP contribution < -0.4 is 5.73 Å². The number of thiocarbonyl (C=S) groups is 1. The van der Waals surface area contributed by atoms with Crippen molar-refractivity contribution in [3.05, 3.63) is 0 Å². The first kappa shape index (κ1) is 10.9. The lowest BCUT2D eigenvalue weighted by molar-refractivity contribution is 0.103. The van der Waals surface area contributed by atoms with E-state index < -0.39 is 0 Å². The molecule has 0 amide bonds. The average molecular weight is 201 g/mol. The number of rotatable bonds is 3. The van der Waals surface area contributed by atoms with Crippen molar-refractivity contribution in [2.45, 2.75) is 19.4 Å². The quantitative estimate of drug-likeness (QED) is 0.666. The normalized spacial score (nSPS) is 26.2. The molecule has 76 valence electrons. The van der Waals surface area contributed by atoms with E-state index in [0.717, 1.165) is 32.6 Å². The van der Waals surface area contributed by atoms with Crippen LogP contribution >= 0.6 is 12.2 Å². The molecule has 1 atom stereocenters. The van der Waals surface area contributed by atoms with E-state index in [9.17, 15) is 0 Å². The van der Waals surface area contributed by atoms with Crippen LogP contribution in [0.2, 0.25) is 0 Å². The van der Waals surface area contributed by atoms with Crippen LogP contribution in [0.1, 0.15) is 13.3 Å². The number of nitrogens with two attached hydrogens (primary N) is 1. The maximum atomic E-state index is 5.48. The Morgan fingerprint density at radius 3 is 2.77 bits per heavy atom. The molecule has 1 saturated heterocycles. The molecule has 0 aromatic carbocycles. The summed E-state index contributed by atoms with van der Waals surface area (Å²) in [6, 6.07) is 0.632. The zero-order chi connectivity index (χ0) is 9.84. The third kappa shape index (κ3) is 3.58. The first-order valence-electron chi connectivity index (χ1n) is 4.80. The fourth-order valence-corrected chi connectivity index (χ4v) is 1.85. The van der Waals surface area contributed by atoms with Gasteiger partial charge in [-0.3, -0.25) is 4.90 Å². The van der Waals surface area contributed by atoms with Gasteiger partial charge in [0, 0.05) is 38.6 Å². The Labute approximate surface area is 85.9 Å². The highest BCUT2D eigenvalue weighted by Crippen LogP contribution is 2.07. The lowest BCUT2D eigenvalue weighted by atomic mass is 10.2. The fraction of sp³-hybridized carbons (Fsp3) is 0.889. The van der Waals surface area contributed by atoms with Gasteiger partial charge in [-0.1, -0.05) is 12.2 Å². The molecule has 1 heterocycles. The van der Waals surface area contributed by atoms with Crippen LogP contribution in [-0.2, 0) is 0 Å². The second kappa shape index (κ2) is 4.88. The van der Waals surface area contributed by atoms with Gasteiger partial charge in [0.05, 0.1) is 4.99 Å². The van der Waals surface area contributed by atoms with Crippen molar-refractivity contribution in [1.29, 1.82) is 0 Å². The Morgan fingerprint density at radius 2 is 2.23 bits per heavy atom. The Kier molecular flexibility index (Phi) is 4.09. The largest absolute Gasteiger partial charge is 0.393 e. The van der Waals surface area contributed by atoms with E-state index in [-0.39, 0.29) is 0 Å². The van der Waals surface area contributed by atoms with Gasteiger partial charge in [0.25, 0.3) is 0 Å². The number of likely N-dealkylation sites (N-methyl/N-ethyl adjacent to an activating group) is 1. The summed E-state index contributed by atoms with van der Waals surface area (Å²) in [6.07, 6.45) is 0.851. The topological polar surface area (TPSA) is 32.5 Å². The molecule has 4 heteroatoms. The predicted molar refractivity (Wildman–Crippen MR) is 59.9 cm³/mol. The van der Waals surface area contributed by atoms with E-state index in [1.807, 2.05) is 0 Å². The molecule has 13 heavy (non-hydrogen) atoms. The van der Waals surface area contributed by atoms with E-state index in [4.69, 9.17) is 18.0 Å². The van der Waals surface area contributed by atoms with Gasteiger partial charge in [0.2, 0.25) is 0 Å². The summed E-state index contributed by atoms with van der Waals surface area (Å²) < 4.78 is 0. The smallest absolute Gasteiger partial charge is 0.0740 e. The van der Waals surface area contributed by atoms with E-state index in [2.05, 4.69) is 23.8 Å². The molecule has 1 aliphatic rings. The maximum Gasteiger partial charge on any atom is 0.0740 e. The molecule has 2 N–H and O–H groups in total. The van der Waals surface area contributed by atoms with E-state index >= 15 is 0 Å². The number of piperazine rings is 1. The van der Waals surface area contributed by atoms with Gasteiger partial charge in [0.1, 0.15) is 0 Å². The predicted octanol–water partition coefficient (Wildman–Crippen LogP) is 0.298. The second-order valence-electron chi connectivity index (χ2n) is 3.86. The Balaban J connectivity index is 2.29. The first-order valence-corrected chi connectivity index (χ1v) is 5.21. The van der Waals surface area contributed by atoms with Crippen molar-refractivity contribution in [3.8, 4) is 0 Å². The molecular formula is C9H19N3S. The molecule has 1 unspecified atom stereocenters. The van der Waals surface area contributed by atoms with Crippen molar-refractivity contribution in [2.24, 2.45) is 5.73 Å². The van der Waals surface area contributed by atoms with Crippen molar-refractivity contribution in [2.75, 3.05) is 33.2 Å². The molecular weight excluding hydrogens is 182 g/mol. The van der Waals surface area contributed by atoms with Crippen LogP contribution in [0.3, 0.4) is 0 Å². The summed E-state index contributed by atoms with van der Waals surface area (Å²) in [5.74, 6) is 0. The number of hydrogen-bond acceptors (Lipinski definition) is 3. The number of nitrogens with zero attached hydrogens (tertiary/aromatic N) is 2. The van der Waals surface area contributed by atoms with Gasteiger partial charge in [-0.05, 0) is 14.0 Å². The van der Waals surface area contributed by atoms with E-state index in [1.165, 1.54) is 0 Å². The standard InChI is InChI=1S/C9H19N3S/c1-8-7-11(2)5-6-12(8)4-3-9(10)13/h8H,3-7H2,1-2H3,(H2,10,13). The van der Waals surface area contributed by atoms with Gasteiger partial charge in [-0.2, -0.15) is 0 Å². The van der Waals surface area contributed by atoms with Gasteiger partial charge >= 0.3 is 0 Å². The first-order chi connectivity index (χ1) is 6.09. The maximum absolute atomic E-state index is 5.48. The van der Waals surface area contributed by atoms with Crippen molar-refractivity contribution >= 4 is 17.2 Å². The lowest BCUT2D eigenvalue weighted by Crippen LogP contribution is -2.50. The molecule has 1 aliphatic heterocycles. The summed E-state index contributed by atoms with van der Waals surface area (Å²) in [7, 11) is 2.17. The van der Waals surface area contributed by atoms with Gasteiger partial charge in [-0.25, -0.2) is 0 Å². The van der Waals surface area contributed by atoms with Gasteiger partial charge in [0.15, 0.2) is 0 Å². The minimum atomic E-state index is 0.631. The molecule has 0 aromatic heterocycles. The lowest BCUT2D eigenvalue weighted by Gasteiger charge is -2.38. The summed E-state index contributed by atoms with van der Waals surface area (Å²) in [4.78, 5) is 5.45. The third-order valence-corrected chi connectivity index (χ3v) is 2.82. The van der Waals surface area contributed by atoms with Crippen LogP contribution in [-0.4, -0.2) is 54.1 Å². The molecule has 0 radical (unpaired) electrons. The highest BCUT2D eigenvalue weighted by atomic mass is 32.1. The molecule has 0 aromatic rings. The highest BCUT2D eigenvalue weighted by Gasteiger charge is 2.20. The molecule has 1 fully saturated rings. The van der Waals surface area contributed by atoms with Crippen LogP contribution in [0.25, 0.3) is 0 Å². The monoisotopic (exact) mass is 201 g/mol. The van der Waals surface area contributed by atoms with Crippen LogP contribution in [0, 0.1) is 0 Å². The van der Waals surface area contributed by atoms with E-state index in [1.54, 1.807) is 0 Å². The minimum Gasteiger partial charge on any atom is -0.393 e. The zero-order valence-electron chi connectivity index (χ0n) is 8.49. The van der Waals surface area contributed by atoms with E-state index in [0.29, 0.717) is 11.0 Å². The minimum absolute atomic E-state index is 0.631. The van der Waals surface area contributed by atoms with Gasteiger partial charge in [-0.15, -0.1) is 0 Å². The Morgan fingerprint density at radius 1 is 1.54 bits per heavy atom. The SMILES string of the molecule is CC1CN(C)CCN1CCC(N)=S. The van der Waals surface area contributed by atoms with Crippen molar-refractivity contribution in [3.63, 3.8) is 0 Å². The summed E-state index contributed by atoms with van der Waals surface area (Å²) in [5.41, 5.74) is 5.48. The highest BCUT2D eigenvalue weighted by molar-refractivity contribution is 7.80. The molecule has 0 spiro atoms. The van der Waals surface area contributed by atoms with Crippen LogP contribution in [0.4, 0.5) is 0 Å². The fourth-order valence-electron chi connectivity index (χ4n) is 1.76. The molecule has 0 bridgehead atoms.